The summed E-state index contributed by atoms with van der Waals surface area (Å²) in [6.45, 7) is 5.91. The summed E-state index contributed by atoms with van der Waals surface area (Å²) in [5.41, 5.74) is -0.208. The van der Waals surface area contributed by atoms with Gasteiger partial charge in [0.25, 0.3) is 0 Å². The Kier molecular flexibility index (Phi) is 0.965. The van der Waals surface area contributed by atoms with Gasteiger partial charge >= 0.3 is 0 Å². The highest BCUT2D eigenvalue weighted by Gasteiger charge is 2.49. The zero-order valence-corrected chi connectivity index (χ0v) is 5.86. The van der Waals surface area contributed by atoms with Crippen LogP contribution in [0.2, 0.25) is 0 Å². The molecule has 8 heavy (non-hydrogen) atoms. The van der Waals surface area contributed by atoms with E-state index in [1.54, 1.807) is 0 Å². The van der Waals surface area contributed by atoms with Crippen molar-refractivity contribution in [3.8, 4) is 0 Å². The summed E-state index contributed by atoms with van der Waals surface area (Å²) >= 11 is 0. The highest BCUT2D eigenvalue weighted by Crippen LogP contribution is 2.53. The molecule has 0 amide bonds. The molecule has 48 valence electrons. The first-order valence-electron chi connectivity index (χ1n) is 3.18. The summed E-state index contributed by atoms with van der Waals surface area (Å²) < 4.78 is 0. The number of hydrogen-bond acceptors (Lipinski definition) is 1. The van der Waals surface area contributed by atoms with Crippen molar-refractivity contribution in [3.05, 3.63) is 0 Å². The van der Waals surface area contributed by atoms with Crippen molar-refractivity contribution in [2.45, 2.75) is 39.2 Å². The third-order valence-corrected chi connectivity index (χ3v) is 2.48. The molecule has 1 fully saturated rings. The minimum Gasteiger partial charge on any atom is -0.390 e. The number of aliphatic hydroxyl groups is 1. The van der Waals surface area contributed by atoms with E-state index in [1.807, 2.05) is 13.8 Å². The van der Waals surface area contributed by atoms with Crippen molar-refractivity contribution < 1.29 is 5.11 Å². The molecule has 0 aromatic heterocycles. The van der Waals surface area contributed by atoms with E-state index in [9.17, 15) is 5.11 Å². The number of rotatable bonds is 1. The van der Waals surface area contributed by atoms with Gasteiger partial charge in [-0.2, -0.15) is 0 Å². The first kappa shape index (κ1) is 6.09. The third kappa shape index (κ3) is 0.752. The summed E-state index contributed by atoms with van der Waals surface area (Å²) in [6, 6.07) is 0. The molecule has 1 aliphatic rings. The average Bonchev–Trinajstić information content (AvgIpc) is 2.16. The molecule has 1 aliphatic carbocycles. The Morgan fingerprint density at radius 3 is 1.75 bits per heavy atom. The van der Waals surface area contributed by atoms with E-state index >= 15 is 0 Å². The first-order chi connectivity index (χ1) is 3.46. The Morgan fingerprint density at radius 1 is 1.38 bits per heavy atom. The summed E-state index contributed by atoms with van der Waals surface area (Å²) in [6.07, 6.45) is 2.38. The van der Waals surface area contributed by atoms with Crippen LogP contribution >= 0.6 is 0 Å². The standard InChI is InChI=1S/C7H14O/c1-6(2,8)7(3)4-5-7/h8H,4-5H2,1-3H3. The molecule has 0 unspecified atom stereocenters. The van der Waals surface area contributed by atoms with Gasteiger partial charge in [0.05, 0.1) is 5.60 Å². The fourth-order valence-electron chi connectivity index (χ4n) is 0.799. The summed E-state index contributed by atoms with van der Waals surface area (Å²) in [4.78, 5) is 0. The molecule has 1 saturated carbocycles. The zero-order chi connectivity index (χ0) is 6.41. The summed E-state index contributed by atoms with van der Waals surface area (Å²) in [7, 11) is 0. The van der Waals surface area contributed by atoms with Crippen LogP contribution in [0.15, 0.2) is 0 Å². The maximum atomic E-state index is 9.42. The molecule has 1 heteroatoms. The third-order valence-electron chi connectivity index (χ3n) is 2.48. The van der Waals surface area contributed by atoms with Crippen LogP contribution in [0.3, 0.4) is 0 Å². The molecule has 1 rings (SSSR count). The van der Waals surface area contributed by atoms with Crippen LogP contribution in [0.25, 0.3) is 0 Å². The Morgan fingerprint density at radius 2 is 1.75 bits per heavy atom. The summed E-state index contributed by atoms with van der Waals surface area (Å²) in [5.74, 6) is 0. The SMILES string of the molecule is CC(C)(O)C1(C)CC1. The second kappa shape index (κ2) is 1.27. The lowest BCUT2D eigenvalue weighted by Gasteiger charge is -2.24. The molecule has 0 radical (unpaired) electrons. The van der Waals surface area contributed by atoms with E-state index in [0.29, 0.717) is 0 Å². The molecular formula is C7H14O. The molecule has 1 nitrogen and oxygen atoms in total. The van der Waals surface area contributed by atoms with E-state index in [1.165, 1.54) is 12.8 Å². The van der Waals surface area contributed by atoms with E-state index in [2.05, 4.69) is 6.92 Å². The van der Waals surface area contributed by atoms with Gasteiger partial charge < -0.3 is 5.11 Å². The zero-order valence-electron chi connectivity index (χ0n) is 5.86. The number of hydrogen-bond donors (Lipinski definition) is 1. The monoisotopic (exact) mass is 114 g/mol. The normalized spacial score (nSPS) is 25.5. The van der Waals surface area contributed by atoms with Crippen LogP contribution in [0.1, 0.15) is 33.6 Å². The van der Waals surface area contributed by atoms with Crippen LogP contribution in [0.5, 0.6) is 0 Å². The predicted molar refractivity (Wildman–Crippen MR) is 33.6 cm³/mol. The van der Waals surface area contributed by atoms with E-state index in [-0.39, 0.29) is 5.41 Å². The van der Waals surface area contributed by atoms with Gasteiger partial charge in [0.2, 0.25) is 0 Å². The highest BCUT2D eigenvalue weighted by molar-refractivity contribution is 5.00. The molecule has 0 atom stereocenters. The van der Waals surface area contributed by atoms with Crippen molar-refractivity contribution in [1.82, 2.24) is 0 Å². The maximum Gasteiger partial charge on any atom is 0.0645 e. The minimum absolute atomic E-state index is 0.243. The van der Waals surface area contributed by atoms with Crippen LogP contribution in [-0.2, 0) is 0 Å². The Bertz CT molecular complexity index is 92.2. The predicted octanol–water partition coefficient (Wildman–Crippen LogP) is 1.56. The second-order valence-corrected chi connectivity index (χ2v) is 3.62. The fourth-order valence-corrected chi connectivity index (χ4v) is 0.799. The highest BCUT2D eigenvalue weighted by atomic mass is 16.3. The molecular weight excluding hydrogens is 100 g/mol. The van der Waals surface area contributed by atoms with E-state index in [4.69, 9.17) is 0 Å². The van der Waals surface area contributed by atoms with Gasteiger partial charge in [0.15, 0.2) is 0 Å². The lowest BCUT2D eigenvalue weighted by Crippen LogP contribution is -2.29. The van der Waals surface area contributed by atoms with Gasteiger partial charge in [0, 0.05) is 0 Å². The van der Waals surface area contributed by atoms with Crippen LogP contribution in [0.4, 0.5) is 0 Å². The minimum atomic E-state index is -0.451. The van der Waals surface area contributed by atoms with Crippen LogP contribution in [0, 0.1) is 5.41 Å². The quantitative estimate of drug-likeness (QED) is 0.548. The molecule has 0 bridgehead atoms. The van der Waals surface area contributed by atoms with Crippen molar-refractivity contribution in [2.75, 3.05) is 0 Å². The molecule has 0 aliphatic heterocycles. The van der Waals surface area contributed by atoms with Gasteiger partial charge in [-0.25, -0.2) is 0 Å². The molecule has 0 saturated heterocycles. The molecule has 0 aromatic carbocycles. The van der Waals surface area contributed by atoms with E-state index < -0.39 is 5.60 Å². The Hall–Kier alpha value is -0.0400. The van der Waals surface area contributed by atoms with Crippen molar-refractivity contribution >= 4 is 0 Å². The van der Waals surface area contributed by atoms with Crippen molar-refractivity contribution in [3.63, 3.8) is 0 Å². The molecule has 0 aromatic rings. The molecule has 0 heterocycles. The van der Waals surface area contributed by atoms with Gasteiger partial charge in [-0.1, -0.05) is 6.92 Å². The van der Waals surface area contributed by atoms with Crippen molar-refractivity contribution in [2.24, 2.45) is 5.41 Å². The van der Waals surface area contributed by atoms with Gasteiger partial charge in [-0.05, 0) is 32.1 Å². The Balaban J connectivity index is 2.58. The molecule has 0 spiro atoms. The fraction of sp³-hybridized carbons (Fsp3) is 1.00. The topological polar surface area (TPSA) is 20.2 Å². The first-order valence-corrected chi connectivity index (χ1v) is 3.18. The molecule has 1 N–H and O–H groups in total. The van der Waals surface area contributed by atoms with E-state index in [0.717, 1.165) is 0 Å². The summed E-state index contributed by atoms with van der Waals surface area (Å²) in [5, 5.41) is 9.42. The van der Waals surface area contributed by atoms with Crippen LogP contribution in [-0.4, -0.2) is 10.7 Å². The van der Waals surface area contributed by atoms with Crippen LogP contribution < -0.4 is 0 Å². The average molecular weight is 114 g/mol. The van der Waals surface area contributed by atoms with Gasteiger partial charge in [-0.15, -0.1) is 0 Å². The van der Waals surface area contributed by atoms with Gasteiger partial charge in [0.1, 0.15) is 0 Å². The van der Waals surface area contributed by atoms with Crippen molar-refractivity contribution in [1.29, 1.82) is 0 Å². The largest absolute Gasteiger partial charge is 0.390 e. The lowest BCUT2D eigenvalue weighted by atomic mass is 9.90. The lowest BCUT2D eigenvalue weighted by molar-refractivity contribution is 0.0111. The van der Waals surface area contributed by atoms with Gasteiger partial charge in [-0.3, -0.25) is 0 Å². The Labute approximate surface area is 50.7 Å². The maximum absolute atomic E-state index is 9.42. The second-order valence-electron chi connectivity index (χ2n) is 3.62. The smallest absolute Gasteiger partial charge is 0.0645 e.